The monoisotopic (exact) mass is 350 g/mol. The molecule has 0 atom stereocenters. The first-order valence-electron chi connectivity index (χ1n) is 6.36. The molecule has 0 aliphatic carbocycles. The van der Waals surface area contributed by atoms with Crippen molar-refractivity contribution >= 4 is 27.3 Å². The Balaban J connectivity index is 2.26. The number of benzene rings is 2. The van der Waals surface area contributed by atoms with Gasteiger partial charge in [-0.2, -0.15) is 0 Å². The van der Waals surface area contributed by atoms with Gasteiger partial charge in [-0.05, 0) is 37.6 Å². The highest BCUT2D eigenvalue weighted by Crippen LogP contribution is 2.29. The van der Waals surface area contributed by atoms with Crippen molar-refractivity contribution in [2.24, 2.45) is 0 Å². The van der Waals surface area contributed by atoms with Gasteiger partial charge in [0.25, 0.3) is 5.69 Å². The van der Waals surface area contributed by atoms with E-state index in [2.05, 4.69) is 21.2 Å². The number of aromatic hydroxyl groups is 1. The van der Waals surface area contributed by atoms with Crippen LogP contribution in [0.15, 0.2) is 34.8 Å². The van der Waals surface area contributed by atoms with Gasteiger partial charge in [0.1, 0.15) is 5.75 Å². The Labute approximate surface area is 130 Å². The molecule has 2 aromatic rings. The molecule has 0 heterocycles. The number of nitrogens with zero attached hydrogens (tertiary/aromatic N) is 1. The highest BCUT2D eigenvalue weighted by atomic mass is 79.9. The van der Waals surface area contributed by atoms with Crippen LogP contribution in [0.2, 0.25) is 0 Å². The molecular formula is C15H15BrN2O3. The molecule has 2 N–H and O–H groups in total. The summed E-state index contributed by atoms with van der Waals surface area (Å²) >= 11 is 3.32. The van der Waals surface area contributed by atoms with Crippen molar-refractivity contribution < 1.29 is 10.0 Å². The maximum Gasteiger partial charge on any atom is 0.274 e. The number of anilines is 1. The minimum absolute atomic E-state index is 0.0692. The van der Waals surface area contributed by atoms with Gasteiger partial charge < -0.3 is 10.4 Å². The molecule has 2 aromatic carbocycles. The van der Waals surface area contributed by atoms with Crippen LogP contribution in [0, 0.1) is 24.0 Å². The summed E-state index contributed by atoms with van der Waals surface area (Å²) in [5, 5.41) is 24.1. The number of nitro groups is 1. The number of nitro benzene ring substituents is 1. The average Bonchev–Trinajstić information content (AvgIpc) is 2.44. The second-order valence-corrected chi connectivity index (χ2v) is 5.70. The Bertz CT molecular complexity index is 702. The van der Waals surface area contributed by atoms with Crippen LogP contribution in [0.25, 0.3) is 0 Å². The van der Waals surface area contributed by atoms with Gasteiger partial charge in [-0.1, -0.05) is 22.0 Å². The van der Waals surface area contributed by atoms with Crippen molar-refractivity contribution in [1.29, 1.82) is 0 Å². The quantitative estimate of drug-likeness (QED) is 0.636. The van der Waals surface area contributed by atoms with Crippen LogP contribution >= 0.6 is 15.9 Å². The molecule has 0 fully saturated rings. The van der Waals surface area contributed by atoms with Gasteiger partial charge in [0.2, 0.25) is 0 Å². The molecule has 5 nitrogen and oxygen atoms in total. The number of hydrogen-bond acceptors (Lipinski definition) is 4. The Hall–Kier alpha value is -2.08. The topological polar surface area (TPSA) is 75.4 Å². The second kappa shape index (κ2) is 6.13. The van der Waals surface area contributed by atoms with Gasteiger partial charge >= 0.3 is 0 Å². The van der Waals surface area contributed by atoms with E-state index in [1.165, 1.54) is 6.07 Å². The first kappa shape index (κ1) is 15.3. The number of halogens is 1. The maximum atomic E-state index is 11.0. The van der Waals surface area contributed by atoms with E-state index in [1.807, 2.05) is 13.0 Å². The number of hydrogen-bond donors (Lipinski definition) is 2. The van der Waals surface area contributed by atoms with E-state index in [0.29, 0.717) is 12.1 Å². The molecule has 0 aromatic heterocycles. The SMILES string of the molecule is Cc1ccc(NCc2cc(Br)ccc2[N+](=O)[O-])c(C)c1O. The van der Waals surface area contributed by atoms with Gasteiger partial charge in [0.05, 0.1) is 4.92 Å². The van der Waals surface area contributed by atoms with E-state index in [1.54, 1.807) is 25.1 Å². The zero-order valence-electron chi connectivity index (χ0n) is 11.7. The normalized spacial score (nSPS) is 10.4. The Morgan fingerprint density at radius 1 is 1.29 bits per heavy atom. The highest BCUT2D eigenvalue weighted by molar-refractivity contribution is 9.10. The fourth-order valence-electron chi connectivity index (χ4n) is 2.09. The lowest BCUT2D eigenvalue weighted by Crippen LogP contribution is -2.04. The Morgan fingerprint density at radius 3 is 2.67 bits per heavy atom. The molecule has 0 aliphatic heterocycles. The van der Waals surface area contributed by atoms with Crippen LogP contribution in [-0.4, -0.2) is 10.0 Å². The molecule has 0 spiro atoms. The van der Waals surface area contributed by atoms with E-state index in [4.69, 9.17) is 0 Å². The largest absolute Gasteiger partial charge is 0.507 e. The van der Waals surface area contributed by atoms with Gasteiger partial charge in [0.15, 0.2) is 0 Å². The van der Waals surface area contributed by atoms with Gasteiger partial charge in [0, 0.05) is 33.9 Å². The minimum atomic E-state index is -0.400. The maximum absolute atomic E-state index is 11.0. The van der Waals surface area contributed by atoms with Crippen LogP contribution in [0.3, 0.4) is 0 Å². The fourth-order valence-corrected chi connectivity index (χ4v) is 2.50. The second-order valence-electron chi connectivity index (χ2n) is 4.79. The third-order valence-corrected chi connectivity index (χ3v) is 3.83. The van der Waals surface area contributed by atoms with Crippen LogP contribution in [0.1, 0.15) is 16.7 Å². The summed E-state index contributed by atoms with van der Waals surface area (Å²) in [5.74, 6) is 0.240. The van der Waals surface area contributed by atoms with Crippen LogP contribution < -0.4 is 5.32 Å². The predicted molar refractivity (Wildman–Crippen MR) is 85.7 cm³/mol. The zero-order chi connectivity index (χ0) is 15.6. The van der Waals surface area contributed by atoms with Crippen molar-refractivity contribution in [3.8, 4) is 5.75 Å². The standard InChI is InChI=1S/C15H15BrN2O3/c1-9-3-5-13(10(2)15(9)19)17-8-11-7-12(16)4-6-14(11)18(20)21/h3-7,17,19H,8H2,1-2H3. The molecule has 6 heteroatoms. The lowest BCUT2D eigenvalue weighted by atomic mass is 10.1. The molecule has 0 bridgehead atoms. The molecule has 0 aliphatic rings. The fraction of sp³-hybridized carbons (Fsp3) is 0.200. The van der Waals surface area contributed by atoms with Crippen molar-refractivity contribution in [1.82, 2.24) is 0 Å². The summed E-state index contributed by atoms with van der Waals surface area (Å²) in [4.78, 5) is 10.6. The van der Waals surface area contributed by atoms with Crippen LogP contribution in [0.4, 0.5) is 11.4 Å². The summed E-state index contributed by atoms with van der Waals surface area (Å²) in [7, 11) is 0. The summed E-state index contributed by atoms with van der Waals surface area (Å²) in [6.45, 7) is 3.93. The minimum Gasteiger partial charge on any atom is -0.507 e. The molecule has 0 amide bonds. The summed E-state index contributed by atoms with van der Waals surface area (Å²) < 4.78 is 0.786. The van der Waals surface area contributed by atoms with E-state index in [9.17, 15) is 15.2 Å². The van der Waals surface area contributed by atoms with E-state index in [-0.39, 0.29) is 11.4 Å². The number of nitrogens with one attached hydrogen (secondary N) is 1. The molecule has 0 saturated heterocycles. The zero-order valence-corrected chi connectivity index (χ0v) is 13.3. The third-order valence-electron chi connectivity index (χ3n) is 3.34. The molecule has 110 valence electrons. The first-order chi connectivity index (χ1) is 9.90. The third kappa shape index (κ3) is 3.33. The Kier molecular flexibility index (Phi) is 4.47. The number of rotatable bonds is 4. The molecular weight excluding hydrogens is 336 g/mol. The van der Waals surface area contributed by atoms with Crippen molar-refractivity contribution in [2.75, 3.05) is 5.32 Å². The number of phenols is 1. The average molecular weight is 351 g/mol. The van der Waals surface area contributed by atoms with Crippen molar-refractivity contribution in [3.05, 3.63) is 61.6 Å². The molecule has 0 radical (unpaired) electrons. The number of phenolic OH excluding ortho intramolecular Hbond substituents is 1. The van der Waals surface area contributed by atoms with Crippen molar-refractivity contribution in [2.45, 2.75) is 20.4 Å². The van der Waals surface area contributed by atoms with Crippen LogP contribution in [-0.2, 0) is 6.54 Å². The Morgan fingerprint density at radius 2 is 2.00 bits per heavy atom. The van der Waals surface area contributed by atoms with E-state index in [0.717, 1.165) is 21.3 Å². The number of aryl methyl sites for hydroxylation is 1. The predicted octanol–water partition coefficient (Wildman–Crippen LogP) is 4.29. The summed E-state index contributed by atoms with van der Waals surface area (Å²) in [5.41, 5.74) is 2.93. The molecule has 21 heavy (non-hydrogen) atoms. The lowest BCUT2D eigenvalue weighted by Gasteiger charge is -2.12. The highest BCUT2D eigenvalue weighted by Gasteiger charge is 2.14. The van der Waals surface area contributed by atoms with Gasteiger partial charge in [-0.15, -0.1) is 0 Å². The smallest absolute Gasteiger partial charge is 0.274 e. The molecule has 2 rings (SSSR count). The molecule has 0 saturated carbocycles. The summed E-state index contributed by atoms with van der Waals surface area (Å²) in [6.07, 6.45) is 0. The first-order valence-corrected chi connectivity index (χ1v) is 7.15. The van der Waals surface area contributed by atoms with Crippen molar-refractivity contribution in [3.63, 3.8) is 0 Å². The molecule has 0 unspecified atom stereocenters. The van der Waals surface area contributed by atoms with Crippen LogP contribution in [0.5, 0.6) is 5.75 Å². The lowest BCUT2D eigenvalue weighted by molar-refractivity contribution is -0.385. The van der Waals surface area contributed by atoms with E-state index >= 15 is 0 Å². The summed E-state index contributed by atoms with van der Waals surface area (Å²) in [6, 6.07) is 8.49. The van der Waals surface area contributed by atoms with Gasteiger partial charge in [-0.3, -0.25) is 10.1 Å². The van der Waals surface area contributed by atoms with Gasteiger partial charge in [-0.25, -0.2) is 0 Å². The van der Waals surface area contributed by atoms with E-state index < -0.39 is 4.92 Å².